The number of nitrogens with one attached hydrogen (secondary N) is 1. The van der Waals surface area contributed by atoms with Crippen LogP contribution in [0.3, 0.4) is 0 Å². The second kappa shape index (κ2) is 4.60. The standard InChI is InChI=1S/C13H11F3N2/c1-7-3-2-4-9(17)13(7)18-10-6-5-8(14)11(15)12(10)16/h2-6,18H,17H2,1H3. The van der Waals surface area contributed by atoms with Crippen molar-refractivity contribution in [2.24, 2.45) is 0 Å². The molecule has 2 aromatic carbocycles. The van der Waals surface area contributed by atoms with E-state index in [4.69, 9.17) is 5.73 Å². The average Bonchev–Trinajstić information content (AvgIpc) is 2.34. The van der Waals surface area contributed by atoms with Gasteiger partial charge in [-0.1, -0.05) is 12.1 Å². The number of anilines is 3. The number of para-hydroxylation sites is 1. The Morgan fingerprint density at radius 3 is 2.39 bits per heavy atom. The van der Waals surface area contributed by atoms with Crippen molar-refractivity contribution in [2.45, 2.75) is 6.92 Å². The molecule has 0 atom stereocenters. The third-order valence-corrected chi connectivity index (χ3v) is 2.60. The van der Waals surface area contributed by atoms with Crippen molar-refractivity contribution >= 4 is 17.1 Å². The Balaban J connectivity index is 2.44. The van der Waals surface area contributed by atoms with Crippen molar-refractivity contribution in [2.75, 3.05) is 11.1 Å². The lowest BCUT2D eigenvalue weighted by molar-refractivity contribution is 0.449. The molecule has 0 aliphatic carbocycles. The molecular formula is C13H11F3N2. The van der Waals surface area contributed by atoms with Crippen molar-refractivity contribution in [3.05, 3.63) is 53.3 Å². The van der Waals surface area contributed by atoms with Crippen LogP contribution < -0.4 is 11.1 Å². The van der Waals surface area contributed by atoms with E-state index in [1.807, 2.05) is 0 Å². The van der Waals surface area contributed by atoms with Crippen molar-refractivity contribution in [1.29, 1.82) is 0 Å². The van der Waals surface area contributed by atoms with Gasteiger partial charge in [-0.15, -0.1) is 0 Å². The van der Waals surface area contributed by atoms with Crippen molar-refractivity contribution in [3.8, 4) is 0 Å². The van der Waals surface area contributed by atoms with E-state index >= 15 is 0 Å². The van der Waals surface area contributed by atoms with E-state index in [-0.39, 0.29) is 5.69 Å². The van der Waals surface area contributed by atoms with Crippen LogP contribution in [0.2, 0.25) is 0 Å². The molecule has 0 heterocycles. The second-order valence-corrected chi connectivity index (χ2v) is 3.89. The summed E-state index contributed by atoms with van der Waals surface area (Å²) in [7, 11) is 0. The first kappa shape index (κ1) is 12.3. The number of rotatable bonds is 2. The van der Waals surface area contributed by atoms with Crippen molar-refractivity contribution < 1.29 is 13.2 Å². The van der Waals surface area contributed by atoms with Crippen LogP contribution in [0.25, 0.3) is 0 Å². The van der Waals surface area contributed by atoms with Gasteiger partial charge in [0.1, 0.15) is 0 Å². The summed E-state index contributed by atoms with van der Waals surface area (Å²) >= 11 is 0. The highest BCUT2D eigenvalue weighted by Crippen LogP contribution is 2.29. The average molecular weight is 252 g/mol. The molecule has 0 radical (unpaired) electrons. The van der Waals surface area contributed by atoms with E-state index in [0.717, 1.165) is 17.7 Å². The van der Waals surface area contributed by atoms with Gasteiger partial charge >= 0.3 is 0 Å². The van der Waals surface area contributed by atoms with E-state index < -0.39 is 17.5 Å². The lowest BCUT2D eigenvalue weighted by Crippen LogP contribution is -2.02. The summed E-state index contributed by atoms with van der Waals surface area (Å²) in [5.41, 5.74) is 7.23. The zero-order valence-corrected chi connectivity index (χ0v) is 9.60. The van der Waals surface area contributed by atoms with Crippen LogP contribution in [0, 0.1) is 24.4 Å². The van der Waals surface area contributed by atoms with Crippen LogP contribution in [0.15, 0.2) is 30.3 Å². The summed E-state index contributed by atoms with van der Waals surface area (Å²) < 4.78 is 39.4. The number of hydrogen-bond donors (Lipinski definition) is 2. The van der Waals surface area contributed by atoms with Crippen LogP contribution in [-0.2, 0) is 0 Å². The molecule has 2 rings (SSSR count). The van der Waals surface area contributed by atoms with Gasteiger partial charge in [0.25, 0.3) is 0 Å². The van der Waals surface area contributed by atoms with Gasteiger partial charge in [0.2, 0.25) is 0 Å². The molecule has 0 bridgehead atoms. The Bertz CT molecular complexity index is 577. The summed E-state index contributed by atoms with van der Waals surface area (Å²) in [4.78, 5) is 0. The topological polar surface area (TPSA) is 38.0 Å². The van der Waals surface area contributed by atoms with Gasteiger partial charge in [-0.2, -0.15) is 0 Å². The van der Waals surface area contributed by atoms with Gasteiger partial charge < -0.3 is 11.1 Å². The molecule has 0 saturated heterocycles. The predicted molar refractivity (Wildman–Crippen MR) is 65.2 cm³/mol. The molecule has 0 aliphatic heterocycles. The van der Waals surface area contributed by atoms with Gasteiger partial charge in [0.05, 0.1) is 17.1 Å². The summed E-state index contributed by atoms with van der Waals surface area (Å²) in [6.07, 6.45) is 0. The quantitative estimate of drug-likeness (QED) is 0.631. The van der Waals surface area contributed by atoms with Crippen LogP contribution in [0.1, 0.15) is 5.56 Å². The Morgan fingerprint density at radius 1 is 1.00 bits per heavy atom. The van der Waals surface area contributed by atoms with E-state index in [1.54, 1.807) is 25.1 Å². The first-order valence-electron chi connectivity index (χ1n) is 5.26. The second-order valence-electron chi connectivity index (χ2n) is 3.89. The number of aryl methyl sites for hydroxylation is 1. The summed E-state index contributed by atoms with van der Waals surface area (Å²) in [6, 6.07) is 7.13. The zero-order chi connectivity index (χ0) is 13.3. The largest absolute Gasteiger partial charge is 0.397 e. The van der Waals surface area contributed by atoms with Gasteiger partial charge in [-0.25, -0.2) is 13.2 Å². The maximum absolute atomic E-state index is 13.5. The number of nitrogen functional groups attached to an aromatic ring is 1. The number of nitrogens with two attached hydrogens (primary N) is 1. The van der Waals surface area contributed by atoms with Crippen molar-refractivity contribution in [3.63, 3.8) is 0 Å². The van der Waals surface area contributed by atoms with Gasteiger partial charge in [0.15, 0.2) is 17.5 Å². The molecule has 0 fully saturated rings. The smallest absolute Gasteiger partial charge is 0.196 e. The normalized spacial score (nSPS) is 10.4. The van der Waals surface area contributed by atoms with E-state index in [9.17, 15) is 13.2 Å². The molecule has 0 aromatic heterocycles. The lowest BCUT2D eigenvalue weighted by Gasteiger charge is -2.13. The minimum atomic E-state index is -1.51. The minimum absolute atomic E-state index is 0.157. The SMILES string of the molecule is Cc1cccc(N)c1Nc1ccc(F)c(F)c1F. The fraction of sp³-hybridized carbons (Fsp3) is 0.0769. The first-order chi connectivity index (χ1) is 8.50. The monoisotopic (exact) mass is 252 g/mol. The minimum Gasteiger partial charge on any atom is -0.397 e. The lowest BCUT2D eigenvalue weighted by atomic mass is 10.1. The van der Waals surface area contributed by atoms with Crippen molar-refractivity contribution in [1.82, 2.24) is 0 Å². The number of benzene rings is 2. The molecule has 0 saturated carbocycles. The molecule has 2 nitrogen and oxygen atoms in total. The molecule has 94 valence electrons. The van der Waals surface area contributed by atoms with Gasteiger partial charge in [-0.3, -0.25) is 0 Å². The molecular weight excluding hydrogens is 241 g/mol. The number of halogens is 3. The third-order valence-electron chi connectivity index (χ3n) is 2.60. The molecule has 0 spiro atoms. The Hall–Kier alpha value is -2.17. The zero-order valence-electron chi connectivity index (χ0n) is 9.60. The predicted octanol–water partition coefficient (Wildman–Crippen LogP) is 3.74. The summed E-state index contributed by atoms with van der Waals surface area (Å²) in [5, 5.41) is 2.67. The molecule has 2 aromatic rings. The Morgan fingerprint density at radius 2 is 1.72 bits per heavy atom. The van der Waals surface area contributed by atoms with Crippen LogP contribution >= 0.6 is 0 Å². The molecule has 0 unspecified atom stereocenters. The highest BCUT2D eigenvalue weighted by molar-refractivity contribution is 5.75. The summed E-state index contributed by atoms with van der Waals surface area (Å²) in [6.45, 7) is 1.77. The molecule has 0 amide bonds. The van der Waals surface area contributed by atoms with Crippen LogP contribution in [-0.4, -0.2) is 0 Å². The number of hydrogen-bond acceptors (Lipinski definition) is 2. The van der Waals surface area contributed by atoms with Gasteiger partial charge in [-0.05, 0) is 30.7 Å². The van der Waals surface area contributed by atoms with Crippen LogP contribution in [0.5, 0.6) is 0 Å². The van der Waals surface area contributed by atoms with E-state index in [2.05, 4.69) is 5.32 Å². The highest BCUT2D eigenvalue weighted by atomic mass is 19.2. The maximum Gasteiger partial charge on any atom is 0.196 e. The van der Waals surface area contributed by atoms with Gasteiger partial charge in [0, 0.05) is 0 Å². The maximum atomic E-state index is 13.5. The fourth-order valence-corrected chi connectivity index (χ4v) is 1.62. The molecule has 0 aliphatic rings. The Labute approximate surface area is 102 Å². The first-order valence-corrected chi connectivity index (χ1v) is 5.26. The molecule has 18 heavy (non-hydrogen) atoms. The van der Waals surface area contributed by atoms with E-state index in [1.165, 1.54) is 0 Å². The van der Waals surface area contributed by atoms with E-state index in [0.29, 0.717) is 11.4 Å². The third kappa shape index (κ3) is 2.11. The molecule has 5 heteroatoms. The fourth-order valence-electron chi connectivity index (χ4n) is 1.62. The highest BCUT2D eigenvalue weighted by Gasteiger charge is 2.14. The molecule has 3 N–H and O–H groups in total. The van der Waals surface area contributed by atoms with Crippen LogP contribution in [0.4, 0.5) is 30.2 Å². The Kier molecular flexibility index (Phi) is 3.14. The summed E-state index contributed by atoms with van der Waals surface area (Å²) in [5.74, 6) is -4.00.